The molecule has 0 saturated carbocycles. The minimum Gasteiger partial charge on any atom is -0.478 e. The van der Waals surface area contributed by atoms with Crippen LogP contribution in [0.4, 0.5) is 0 Å². The molecule has 0 radical (unpaired) electrons. The highest BCUT2D eigenvalue weighted by Gasteiger charge is 2.11. The Hall–Kier alpha value is -1.83. The van der Waals surface area contributed by atoms with E-state index in [1.54, 1.807) is 0 Å². The van der Waals surface area contributed by atoms with Crippen LogP contribution in [0.3, 0.4) is 0 Å². The maximum atomic E-state index is 5.44. The van der Waals surface area contributed by atoms with Crippen LogP contribution in [0.15, 0.2) is 46.6 Å². The molecule has 0 fully saturated rings. The first-order valence-corrected chi connectivity index (χ1v) is 5.87. The number of rotatable bonds is 2. The average molecular weight is 227 g/mol. The number of hydrogen-bond donors (Lipinski definition) is 0. The number of allylic oxidation sites excluding steroid dienone is 1. The molecule has 0 unspecified atom stereocenters. The van der Waals surface area contributed by atoms with E-state index in [0.29, 0.717) is 6.61 Å². The van der Waals surface area contributed by atoms with Gasteiger partial charge in [-0.2, -0.15) is 0 Å². The molecule has 1 aliphatic heterocycles. The molecular formula is C15H17NO. The van der Waals surface area contributed by atoms with Crippen LogP contribution in [0, 0.1) is 6.92 Å². The van der Waals surface area contributed by atoms with Crippen molar-refractivity contribution in [2.24, 2.45) is 4.99 Å². The van der Waals surface area contributed by atoms with Crippen molar-refractivity contribution in [3.63, 3.8) is 0 Å². The first-order valence-electron chi connectivity index (χ1n) is 5.87. The summed E-state index contributed by atoms with van der Waals surface area (Å²) < 4.78 is 5.44. The third-order valence-electron chi connectivity index (χ3n) is 2.61. The standard InChI is InChI=1S/C15H17NO/c1-4-17-15-12(3)9-14(16-15)10-13-7-5-11(2)6-8-13/h5-10H,4H2,1-3H3/b14-10+. The molecule has 2 heteroatoms. The van der Waals surface area contributed by atoms with Gasteiger partial charge in [0.15, 0.2) is 0 Å². The largest absolute Gasteiger partial charge is 0.478 e. The van der Waals surface area contributed by atoms with Gasteiger partial charge in [-0.3, -0.25) is 0 Å². The Morgan fingerprint density at radius 1 is 1.18 bits per heavy atom. The highest BCUT2D eigenvalue weighted by Crippen LogP contribution is 2.19. The van der Waals surface area contributed by atoms with E-state index in [9.17, 15) is 0 Å². The number of aliphatic imine (C=N–C) groups is 1. The fourth-order valence-electron chi connectivity index (χ4n) is 1.71. The summed E-state index contributed by atoms with van der Waals surface area (Å²) in [7, 11) is 0. The second-order valence-electron chi connectivity index (χ2n) is 4.16. The first kappa shape index (κ1) is 11.6. The van der Waals surface area contributed by atoms with Crippen LogP contribution < -0.4 is 0 Å². The molecule has 88 valence electrons. The van der Waals surface area contributed by atoms with E-state index in [1.165, 1.54) is 5.56 Å². The van der Waals surface area contributed by atoms with Gasteiger partial charge >= 0.3 is 0 Å². The van der Waals surface area contributed by atoms with Crippen molar-refractivity contribution < 1.29 is 4.74 Å². The van der Waals surface area contributed by atoms with Crippen LogP contribution in [0.5, 0.6) is 0 Å². The number of nitrogens with zero attached hydrogens (tertiary/aromatic N) is 1. The maximum absolute atomic E-state index is 5.44. The van der Waals surface area contributed by atoms with Crippen molar-refractivity contribution >= 4 is 12.0 Å². The third kappa shape index (κ3) is 2.84. The molecule has 0 aliphatic carbocycles. The van der Waals surface area contributed by atoms with E-state index < -0.39 is 0 Å². The van der Waals surface area contributed by atoms with Crippen LogP contribution in [0.25, 0.3) is 6.08 Å². The molecule has 0 amide bonds. The number of benzene rings is 1. The second-order valence-corrected chi connectivity index (χ2v) is 4.16. The molecule has 2 rings (SSSR count). The molecule has 1 aromatic carbocycles. The Kier molecular flexibility index (Phi) is 3.43. The minimum absolute atomic E-state index is 0.655. The summed E-state index contributed by atoms with van der Waals surface area (Å²) >= 11 is 0. The van der Waals surface area contributed by atoms with E-state index in [4.69, 9.17) is 4.74 Å². The van der Waals surface area contributed by atoms with Crippen LogP contribution >= 0.6 is 0 Å². The maximum Gasteiger partial charge on any atom is 0.216 e. The SMILES string of the molecule is CCOC1=N/C(=C/c2ccc(C)cc2)C=C1C. The van der Waals surface area contributed by atoms with Crippen LogP contribution in [0.2, 0.25) is 0 Å². The molecule has 0 spiro atoms. The van der Waals surface area contributed by atoms with Crippen molar-refractivity contribution in [2.75, 3.05) is 6.61 Å². The number of ether oxygens (including phenoxy) is 1. The van der Waals surface area contributed by atoms with Crippen LogP contribution in [-0.2, 0) is 4.74 Å². The summed E-state index contributed by atoms with van der Waals surface area (Å²) in [4.78, 5) is 4.44. The third-order valence-corrected chi connectivity index (χ3v) is 2.61. The summed E-state index contributed by atoms with van der Waals surface area (Å²) in [6.07, 6.45) is 4.11. The van der Waals surface area contributed by atoms with Gasteiger partial charge in [-0.25, -0.2) is 4.99 Å². The van der Waals surface area contributed by atoms with Gasteiger partial charge in [0.05, 0.1) is 12.3 Å². The lowest BCUT2D eigenvalue weighted by Crippen LogP contribution is -2.02. The first-order chi connectivity index (χ1) is 8.19. The molecule has 2 nitrogen and oxygen atoms in total. The fourth-order valence-corrected chi connectivity index (χ4v) is 1.71. The van der Waals surface area contributed by atoms with Gasteiger partial charge < -0.3 is 4.74 Å². The quantitative estimate of drug-likeness (QED) is 0.754. The molecule has 1 heterocycles. The average Bonchev–Trinajstić information content (AvgIpc) is 2.63. The van der Waals surface area contributed by atoms with Crippen molar-refractivity contribution in [2.45, 2.75) is 20.8 Å². The molecule has 0 saturated heterocycles. The van der Waals surface area contributed by atoms with Gasteiger partial charge in [0.1, 0.15) is 0 Å². The Balaban J connectivity index is 2.22. The summed E-state index contributed by atoms with van der Waals surface area (Å²) in [5.41, 5.74) is 4.47. The van der Waals surface area contributed by atoms with Gasteiger partial charge in [-0.15, -0.1) is 0 Å². The Bertz CT molecular complexity index is 492. The molecular weight excluding hydrogens is 210 g/mol. The lowest BCUT2D eigenvalue weighted by molar-refractivity contribution is 0.328. The van der Waals surface area contributed by atoms with Crippen LogP contribution in [0.1, 0.15) is 25.0 Å². The van der Waals surface area contributed by atoms with Gasteiger partial charge in [0, 0.05) is 5.57 Å². The highest BCUT2D eigenvalue weighted by atomic mass is 16.5. The predicted octanol–water partition coefficient (Wildman–Crippen LogP) is 3.73. The zero-order chi connectivity index (χ0) is 12.3. The minimum atomic E-state index is 0.655. The van der Waals surface area contributed by atoms with E-state index in [0.717, 1.165) is 22.7 Å². The second kappa shape index (κ2) is 5.00. The topological polar surface area (TPSA) is 21.6 Å². The van der Waals surface area contributed by atoms with Crippen molar-refractivity contribution in [1.82, 2.24) is 0 Å². The van der Waals surface area contributed by atoms with Gasteiger partial charge in [-0.05, 0) is 38.5 Å². The van der Waals surface area contributed by atoms with E-state index in [-0.39, 0.29) is 0 Å². The Morgan fingerprint density at radius 2 is 1.88 bits per heavy atom. The van der Waals surface area contributed by atoms with Crippen molar-refractivity contribution in [3.8, 4) is 0 Å². The summed E-state index contributed by atoms with van der Waals surface area (Å²) in [5.74, 6) is 0.742. The number of aryl methyl sites for hydroxylation is 1. The number of hydrogen-bond acceptors (Lipinski definition) is 2. The lowest BCUT2D eigenvalue weighted by atomic mass is 10.1. The zero-order valence-corrected chi connectivity index (χ0v) is 10.5. The Morgan fingerprint density at radius 3 is 2.53 bits per heavy atom. The lowest BCUT2D eigenvalue weighted by Gasteiger charge is -2.00. The smallest absolute Gasteiger partial charge is 0.216 e. The normalized spacial score (nSPS) is 17.0. The van der Waals surface area contributed by atoms with Gasteiger partial charge in [-0.1, -0.05) is 29.8 Å². The summed E-state index contributed by atoms with van der Waals surface area (Å²) in [6.45, 7) is 6.73. The molecule has 17 heavy (non-hydrogen) atoms. The van der Waals surface area contributed by atoms with Gasteiger partial charge in [0.2, 0.25) is 5.90 Å². The molecule has 0 N–H and O–H groups in total. The molecule has 0 aromatic heterocycles. The fraction of sp³-hybridized carbons (Fsp3) is 0.267. The monoisotopic (exact) mass is 227 g/mol. The van der Waals surface area contributed by atoms with E-state index >= 15 is 0 Å². The van der Waals surface area contributed by atoms with Crippen molar-refractivity contribution in [3.05, 3.63) is 52.7 Å². The summed E-state index contributed by atoms with van der Waals surface area (Å²) in [5, 5.41) is 0. The van der Waals surface area contributed by atoms with Gasteiger partial charge in [0.25, 0.3) is 0 Å². The Labute approximate surface area is 102 Å². The molecule has 1 aromatic rings. The van der Waals surface area contributed by atoms with E-state index in [2.05, 4.69) is 42.3 Å². The highest BCUT2D eigenvalue weighted by molar-refractivity contribution is 5.97. The van der Waals surface area contributed by atoms with E-state index in [1.807, 2.05) is 19.9 Å². The predicted molar refractivity (Wildman–Crippen MR) is 72.0 cm³/mol. The summed E-state index contributed by atoms with van der Waals surface area (Å²) in [6, 6.07) is 8.40. The molecule has 1 aliphatic rings. The zero-order valence-electron chi connectivity index (χ0n) is 10.5. The van der Waals surface area contributed by atoms with Crippen LogP contribution in [-0.4, -0.2) is 12.5 Å². The molecule has 0 atom stereocenters. The molecule has 0 bridgehead atoms. The van der Waals surface area contributed by atoms with Crippen molar-refractivity contribution in [1.29, 1.82) is 0 Å².